The molecule has 1 N–H and O–H groups in total. The second kappa shape index (κ2) is 10.00. The monoisotopic (exact) mass is 555 g/mol. The second-order valence-electron chi connectivity index (χ2n) is 9.59. The van der Waals surface area contributed by atoms with Gasteiger partial charge in [-0.05, 0) is 54.8 Å². The van der Waals surface area contributed by atoms with Crippen molar-refractivity contribution >= 4 is 39.9 Å². The Hall–Kier alpha value is -2.89. The number of pyridine rings is 1. The number of fused-ring (bicyclic) bond motifs is 1. The number of hydrogen-bond donors (Lipinski definition) is 1. The van der Waals surface area contributed by atoms with Crippen LogP contribution in [-0.2, 0) is 41.4 Å². The Morgan fingerprint density at radius 1 is 1.14 bits per heavy atom. The number of methoxy groups -OCH3 is 2. The second-order valence-corrected chi connectivity index (χ2v) is 10.3. The number of hydrogen-bond acceptors (Lipinski definition) is 9. The molecule has 0 spiro atoms. The molecule has 192 valence electrons. The molecular weight excluding hydrogens is 526 g/mol. The van der Waals surface area contributed by atoms with Gasteiger partial charge in [0.1, 0.15) is 23.4 Å². The van der Waals surface area contributed by atoms with E-state index in [2.05, 4.69) is 26.2 Å². The van der Waals surface area contributed by atoms with Gasteiger partial charge in [-0.15, -0.1) is 0 Å². The molecule has 1 unspecified atom stereocenters. The quantitative estimate of drug-likeness (QED) is 0.249. The van der Waals surface area contributed by atoms with Crippen molar-refractivity contribution in [2.24, 2.45) is 5.41 Å². The third-order valence-electron chi connectivity index (χ3n) is 6.03. The molecule has 2 amide bonds. The number of halogens is 1. The van der Waals surface area contributed by atoms with Crippen LogP contribution >= 0.6 is 15.9 Å². The number of nitrogens with zero attached hydrogens (tertiary/aromatic N) is 2. The average molecular weight is 556 g/mol. The molecule has 0 aromatic carbocycles. The first-order valence-electron chi connectivity index (χ1n) is 11.1. The summed E-state index contributed by atoms with van der Waals surface area (Å²) in [6.07, 6.45) is -0.451. The van der Waals surface area contributed by atoms with Crippen molar-refractivity contribution in [3.63, 3.8) is 0 Å². The van der Waals surface area contributed by atoms with Crippen LogP contribution in [-0.4, -0.2) is 79.4 Å². The lowest BCUT2D eigenvalue weighted by Gasteiger charge is -2.36. The van der Waals surface area contributed by atoms with Crippen LogP contribution in [0.4, 0.5) is 4.79 Å². The Morgan fingerprint density at radius 3 is 2.31 bits per heavy atom. The largest absolute Gasteiger partial charge is 0.475 e. The predicted molar refractivity (Wildman–Crippen MR) is 126 cm³/mol. The SMILES string of the molecule is COC(=O)C1(C(=O)OC)Cc2c(Br)nc(OCC3CNC(=O)CN3C(=O)OC(C)(C)C)c(C)c2C1. The van der Waals surface area contributed by atoms with Crippen LogP contribution in [0, 0.1) is 12.3 Å². The van der Waals surface area contributed by atoms with Crippen molar-refractivity contribution < 1.29 is 38.1 Å². The fourth-order valence-corrected chi connectivity index (χ4v) is 4.79. The smallest absolute Gasteiger partial charge is 0.411 e. The summed E-state index contributed by atoms with van der Waals surface area (Å²) in [5, 5.41) is 2.73. The van der Waals surface area contributed by atoms with Crippen molar-refractivity contribution in [2.45, 2.75) is 52.2 Å². The third-order valence-corrected chi connectivity index (χ3v) is 6.68. The fraction of sp³-hybridized carbons (Fsp3) is 0.609. The molecular formula is C23H30BrN3O8. The maximum absolute atomic E-state index is 12.7. The van der Waals surface area contributed by atoms with Gasteiger partial charge in [-0.3, -0.25) is 19.3 Å². The molecule has 0 saturated carbocycles. The van der Waals surface area contributed by atoms with Crippen molar-refractivity contribution in [1.29, 1.82) is 0 Å². The zero-order valence-corrected chi connectivity index (χ0v) is 22.2. The summed E-state index contributed by atoms with van der Waals surface area (Å²) in [5.74, 6) is -1.37. The van der Waals surface area contributed by atoms with E-state index in [1.807, 2.05) is 0 Å². The summed E-state index contributed by atoms with van der Waals surface area (Å²) in [7, 11) is 2.45. The van der Waals surface area contributed by atoms with Crippen LogP contribution in [0.5, 0.6) is 5.88 Å². The molecule has 0 radical (unpaired) electrons. The lowest BCUT2D eigenvalue weighted by atomic mass is 9.84. The topological polar surface area (TPSA) is 133 Å². The van der Waals surface area contributed by atoms with E-state index in [4.69, 9.17) is 18.9 Å². The molecule has 1 aliphatic carbocycles. The van der Waals surface area contributed by atoms with Gasteiger partial charge in [-0.2, -0.15) is 0 Å². The molecule has 1 atom stereocenters. The first-order valence-corrected chi connectivity index (χ1v) is 11.9. The van der Waals surface area contributed by atoms with Crippen LogP contribution in [0.3, 0.4) is 0 Å². The summed E-state index contributed by atoms with van der Waals surface area (Å²) in [6, 6.07) is -0.486. The Labute approximate surface area is 211 Å². The molecule has 1 fully saturated rings. The normalized spacial score (nSPS) is 18.9. The minimum Gasteiger partial charge on any atom is -0.475 e. The van der Waals surface area contributed by atoms with Crippen LogP contribution in [0.25, 0.3) is 0 Å². The lowest BCUT2D eigenvalue weighted by molar-refractivity contribution is -0.168. The van der Waals surface area contributed by atoms with Gasteiger partial charge in [0.05, 0.1) is 20.3 Å². The van der Waals surface area contributed by atoms with Gasteiger partial charge in [-0.25, -0.2) is 9.78 Å². The summed E-state index contributed by atoms with van der Waals surface area (Å²) >= 11 is 3.43. The molecule has 3 rings (SSSR count). The fourth-order valence-electron chi connectivity index (χ4n) is 4.25. The molecule has 1 aromatic rings. The molecule has 0 bridgehead atoms. The number of amides is 2. The predicted octanol–water partition coefficient (Wildman–Crippen LogP) is 1.70. The van der Waals surface area contributed by atoms with Gasteiger partial charge in [0.15, 0.2) is 5.41 Å². The number of esters is 2. The molecule has 11 nitrogen and oxygen atoms in total. The Balaban J connectivity index is 1.84. The van der Waals surface area contributed by atoms with E-state index < -0.39 is 35.1 Å². The minimum atomic E-state index is -1.50. The highest BCUT2D eigenvalue weighted by molar-refractivity contribution is 9.10. The van der Waals surface area contributed by atoms with Gasteiger partial charge in [0.2, 0.25) is 11.8 Å². The van der Waals surface area contributed by atoms with Crippen LogP contribution < -0.4 is 10.1 Å². The van der Waals surface area contributed by atoms with E-state index >= 15 is 0 Å². The molecule has 35 heavy (non-hydrogen) atoms. The minimum absolute atomic E-state index is 0.0394. The number of ether oxygens (including phenoxy) is 4. The van der Waals surface area contributed by atoms with E-state index in [0.717, 1.165) is 5.56 Å². The molecule has 1 aliphatic heterocycles. The number of rotatable bonds is 5. The highest BCUT2D eigenvalue weighted by Gasteiger charge is 2.54. The maximum atomic E-state index is 12.7. The van der Waals surface area contributed by atoms with Crippen LogP contribution in [0.2, 0.25) is 0 Å². The van der Waals surface area contributed by atoms with E-state index in [0.29, 0.717) is 15.7 Å². The number of carbonyl (C=O) groups excluding carboxylic acids is 4. The van der Waals surface area contributed by atoms with Gasteiger partial charge in [-0.1, -0.05) is 0 Å². The average Bonchev–Trinajstić information content (AvgIpc) is 3.22. The molecule has 2 aliphatic rings. The van der Waals surface area contributed by atoms with Crippen LogP contribution in [0.1, 0.15) is 37.5 Å². The van der Waals surface area contributed by atoms with Gasteiger partial charge in [0.25, 0.3) is 0 Å². The van der Waals surface area contributed by atoms with Crippen molar-refractivity contribution in [2.75, 3.05) is 33.9 Å². The first-order chi connectivity index (χ1) is 16.3. The Kier molecular flexibility index (Phi) is 7.63. The molecule has 12 heteroatoms. The number of nitrogens with one attached hydrogen (secondary N) is 1. The van der Waals surface area contributed by atoms with E-state index in [-0.39, 0.29) is 44.3 Å². The van der Waals surface area contributed by atoms with E-state index in [9.17, 15) is 19.2 Å². The molecule has 1 saturated heterocycles. The van der Waals surface area contributed by atoms with Crippen molar-refractivity contribution in [1.82, 2.24) is 15.2 Å². The zero-order chi connectivity index (χ0) is 26.1. The van der Waals surface area contributed by atoms with Crippen LogP contribution in [0.15, 0.2) is 4.60 Å². The number of piperazine rings is 1. The molecule has 1 aromatic heterocycles. The molecule has 2 heterocycles. The van der Waals surface area contributed by atoms with Crippen molar-refractivity contribution in [3.8, 4) is 5.88 Å². The highest BCUT2D eigenvalue weighted by Crippen LogP contribution is 2.44. The Morgan fingerprint density at radius 2 is 1.74 bits per heavy atom. The standard InChI is InChI=1S/C23H30BrN3O8/c1-12-14-7-23(19(29)32-5,20(30)33-6)8-15(14)17(24)26-18(12)34-11-13-9-25-16(28)10-27(13)21(31)35-22(2,3)4/h13H,7-11H2,1-6H3,(H,25,28). The van der Waals surface area contributed by atoms with Crippen molar-refractivity contribution in [3.05, 3.63) is 21.3 Å². The van der Waals surface area contributed by atoms with Gasteiger partial charge >= 0.3 is 18.0 Å². The maximum Gasteiger partial charge on any atom is 0.411 e. The Bertz CT molecular complexity index is 1040. The number of carbonyl (C=O) groups is 4. The van der Waals surface area contributed by atoms with E-state index in [1.165, 1.54) is 19.1 Å². The lowest BCUT2D eigenvalue weighted by Crippen LogP contribution is -2.59. The summed E-state index contributed by atoms with van der Waals surface area (Å²) in [5.41, 5.74) is -0.128. The summed E-state index contributed by atoms with van der Waals surface area (Å²) in [4.78, 5) is 55.6. The summed E-state index contributed by atoms with van der Waals surface area (Å²) in [6.45, 7) is 7.11. The summed E-state index contributed by atoms with van der Waals surface area (Å²) < 4.78 is 21.7. The van der Waals surface area contributed by atoms with Gasteiger partial charge < -0.3 is 24.3 Å². The third kappa shape index (κ3) is 5.36. The first kappa shape index (κ1) is 26.7. The zero-order valence-electron chi connectivity index (χ0n) is 20.7. The number of aromatic nitrogens is 1. The van der Waals surface area contributed by atoms with E-state index in [1.54, 1.807) is 27.7 Å². The highest BCUT2D eigenvalue weighted by atomic mass is 79.9. The van der Waals surface area contributed by atoms with Gasteiger partial charge in [0, 0.05) is 24.9 Å².